The largest absolute Gasteiger partial charge is 1.00 e. The van der Waals surface area contributed by atoms with Crippen LogP contribution in [-0.4, -0.2) is 54.9 Å². The number of hydrogen-bond acceptors (Lipinski definition) is 3. The molecule has 2 aromatic carbocycles. The van der Waals surface area contributed by atoms with Crippen molar-refractivity contribution in [2.75, 3.05) is 14.1 Å². The second-order valence-corrected chi connectivity index (χ2v) is 9.18. The minimum absolute atomic E-state index is 0. The number of likely N-dealkylation sites (N-methyl/N-ethyl adjacent to an activating group) is 1. The van der Waals surface area contributed by atoms with Gasteiger partial charge in [0.25, 0.3) is 0 Å². The number of esters is 1. The van der Waals surface area contributed by atoms with Crippen LogP contribution in [0.15, 0.2) is 60.7 Å². The van der Waals surface area contributed by atoms with E-state index >= 15 is 0 Å². The summed E-state index contributed by atoms with van der Waals surface area (Å²) in [6.07, 6.45) is 2.46. The minimum atomic E-state index is -0.817. The van der Waals surface area contributed by atoms with E-state index < -0.39 is 5.41 Å². The van der Waals surface area contributed by atoms with Crippen molar-refractivity contribution < 1.29 is 35.7 Å². The molecule has 2 bridgehead atoms. The van der Waals surface area contributed by atoms with Crippen molar-refractivity contribution in [3.8, 4) is 0 Å². The molecular formula is C24H28BrNO3. The molecule has 4 nitrogen and oxygen atoms in total. The Morgan fingerprint density at radius 1 is 0.931 bits per heavy atom. The van der Waals surface area contributed by atoms with Crippen molar-refractivity contribution in [3.05, 3.63) is 71.8 Å². The smallest absolute Gasteiger partial charge is 0.321 e. The Morgan fingerprint density at radius 2 is 1.38 bits per heavy atom. The van der Waals surface area contributed by atoms with E-state index in [1.165, 1.54) is 0 Å². The molecule has 5 heteroatoms. The van der Waals surface area contributed by atoms with Crippen LogP contribution in [0.1, 0.15) is 30.9 Å². The van der Waals surface area contributed by atoms with Crippen LogP contribution in [0.5, 0.6) is 0 Å². The summed E-state index contributed by atoms with van der Waals surface area (Å²) in [7, 11) is 4.59. The standard InChI is InChI=1S/C24H28NO3.BrH/c1-24(16-10-6-4-7-11-16,17-12-8-5-9-13-17)23(26)27-18-14-19-21-22(28-21)20(15-18)25(19,2)3;/h4-13,18-22H,14-15H2,1-3H3;1H/q+1;/p-1/t18?,19-,20?,21+,22?;/m0./s1. The van der Waals surface area contributed by atoms with Crippen LogP contribution >= 0.6 is 0 Å². The average molecular weight is 458 g/mol. The zero-order valence-electron chi connectivity index (χ0n) is 17.1. The lowest BCUT2D eigenvalue weighted by Gasteiger charge is -2.45. The monoisotopic (exact) mass is 457 g/mol. The highest BCUT2D eigenvalue weighted by atomic mass is 79.9. The fourth-order valence-electron chi connectivity index (χ4n) is 5.52. The molecule has 0 aliphatic carbocycles. The topological polar surface area (TPSA) is 38.8 Å². The van der Waals surface area contributed by atoms with Crippen molar-refractivity contribution in [3.63, 3.8) is 0 Å². The Kier molecular flexibility index (Phi) is 5.12. The summed E-state index contributed by atoms with van der Waals surface area (Å²) in [6.45, 7) is 1.98. The summed E-state index contributed by atoms with van der Waals surface area (Å²) < 4.78 is 13.1. The van der Waals surface area contributed by atoms with Gasteiger partial charge in [-0.3, -0.25) is 4.79 Å². The third-order valence-corrected chi connectivity index (χ3v) is 7.42. The molecule has 29 heavy (non-hydrogen) atoms. The minimum Gasteiger partial charge on any atom is -1.00 e. The summed E-state index contributed by atoms with van der Waals surface area (Å²) in [5.41, 5.74) is 1.11. The van der Waals surface area contributed by atoms with Gasteiger partial charge in [-0.1, -0.05) is 60.7 Å². The predicted molar refractivity (Wildman–Crippen MR) is 107 cm³/mol. The molecule has 3 heterocycles. The molecule has 0 N–H and O–H groups in total. The zero-order chi connectivity index (χ0) is 19.5. The maximum atomic E-state index is 13.6. The van der Waals surface area contributed by atoms with Crippen molar-refractivity contribution in [2.45, 2.75) is 55.6 Å². The first-order valence-corrected chi connectivity index (χ1v) is 10.2. The fraction of sp³-hybridized carbons (Fsp3) is 0.458. The number of hydrogen-bond donors (Lipinski definition) is 0. The van der Waals surface area contributed by atoms with Gasteiger partial charge in [0.1, 0.15) is 35.8 Å². The van der Waals surface area contributed by atoms with Gasteiger partial charge < -0.3 is 30.9 Å². The van der Waals surface area contributed by atoms with Crippen LogP contribution in [0.4, 0.5) is 0 Å². The average Bonchev–Trinajstić information content (AvgIpc) is 3.47. The first kappa shape index (κ1) is 20.6. The molecule has 3 unspecified atom stereocenters. The van der Waals surface area contributed by atoms with Gasteiger partial charge in [-0.05, 0) is 18.1 Å². The Bertz CT molecular complexity index is 826. The Morgan fingerprint density at radius 3 is 1.83 bits per heavy atom. The second-order valence-electron chi connectivity index (χ2n) is 9.18. The first-order chi connectivity index (χ1) is 13.4. The number of carbonyl (C=O) groups excluding carboxylic acids is 1. The fourth-order valence-corrected chi connectivity index (χ4v) is 5.52. The van der Waals surface area contributed by atoms with E-state index in [1.54, 1.807) is 0 Å². The number of fused-ring (bicyclic) bond motifs is 5. The third-order valence-electron chi connectivity index (χ3n) is 7.42. The van der Waals surface area contributed by atoms with Crippen LogP contribution in [0, 0.1) is 0 Å². The molecule has 0 saturated carbocycles. The summed E-state index contributed by atoms with van der Waals surface area (Å²) in [5.74, 6) is -0.156. The maximum Gasteiger partial charge on any atom is 0.321 e. The van der Waals surface area contributed by atoms with Crippen LogP contribution in [-0.2, 0) is 19.7 Å². The highest BCUT2D eigenvalue weighted by Gasteiger charge is 2.70. The van der Waals surface area contributed by atoms with Gasteiger partial charge in [-0.2, -0.15) is 0 Å². The van der Waals surface area contributed by atoms with Crippen LogP contribution in [0.2, 0.25) is 0 Å². The molecule has 0 radical (unpaired) electrons. The van der Waals surface area contributed by atoms with E-state index in [4.69, 9.17) is 9.47 Å². The summed E-state index contributed by atoms with van der Waals surface area (Å²) in [5, 5.41) is 0. The zero-order valence-corrected chi connectivity index (χ0v) is 18.7. The molecule has 0 spiro atoms. The maximum absolute atomic E-state index is 13.6. The van der Waals surface area contributed by atoms with Crippen molar-refractivity contribution in [2.24, 2.45) is 0 Å². The number of carbonyl (C=O) groups is 1. The molecular weight excluding hydrogens is 430 g/mol. The Balaban J connectivity index is 0.00000205. The van der Waals surface area contributed by atoms with Crippen LogP contribution in [0.25, 0.3) is 0 Å². The normalized spacial score (nSPS) is 31.3. The summed E-state index contributed by atoms with van der Waals surface area (Å²) in [4.78, 5) is 13.6. The lowest BCUT2D eigenvalue weighted by molar-refractivity contribution is -0.938. The SMILES string of the molecule is CC(C(=O)OC1CC2C3O[C@@H]3[C@H](C1)[N+]2(C)C)(c1ccccc1)c1ccccc1.[Br-]. The number of benzene rings is 2. The van der Waals surface area contributed by atoms with E-state index in [0.717, 1.165) is 28.5 Å². The van der Waals surface area contributed by atoms with Gasteiger partial charge in [0.15, 0.2) is 0 Å². The molecule has 5 atom stereocenters. The number of halogens is 1. The van der Waals surface area contributed by atoms with Crippen LogP contribution < -0.4 is 17.0 Å². The lowest BCUT2D eigenvalue weighted by Crippen LogP contribution is -3.00. The number of epoxide rings is 1. The van der Waals surface area contributed by atoms with Crippen molar-refractivity contribution in [1.82, 2.24) is 0 Å². The first-order valence-electron chi connectivity index (χ1n) is 10.2. The van der Waals surface area contributed by atoms with E-state index in [2.05, 4.69) is 14.1 Å². The summed E-state index contributed by atoms with van der Waals surface area (Å²) in [6, 6.07) is 20.8. The van der Waals surface area contributed by atoms with Gasteiger partial charge in [0.2, 0.25) is 0 Å². The Hall–Kier alpha value is -1.69. The molecule has 2 aromatic rings. The van der Waals surface area contributed by atoms with Crippen LogP contribution in [0.3, 0.4) is 0 Å². The lowest BCUT2D eigenvalue weighted by atomic mass is 9.76. The number of ether oxygens (including phenoxy) is 2. The molecule has 5 rings (SSSR count). The highest BCUT2D eigenvalue weighted by molar-refractivity contribution is 5.87. The van der Waals surface area contributed by atoms with E-state index in [9.17, 15) is 4.79 Å². The molecule has 154 valence electrons. The molecule has 3 fully saturated rings. The van der Waals surface area contributed by atoms with E-state index in [0.29, 0.717) is 24.3 Å². The van der Waals surface area contributed by atoms with Gasteiger partial charge in [0.05, 0.1) is 14.1 Å². The van der Waals surface area contributed by atoms with Gasteiger partial charge in [0, 0.05) is 12.8 Å². The number of piperidine rings is 1. The molecule has 3 aliphatic rings. The number of quaternary nitrogens is 1. The predicted octanol–water partition coefficient (Wildman–Crippen LogP) is 0.297. The molecule has 3 aliphatic heterocycles. The third kappa shape index (κ3) is 3.15. The van der Waals surface area contributed by atoms with E-state index in [1.807, 2.05) is 67.6 Å². The Labute approximate surface area is 183 Å². The quantitative estimate of drug-likeness (QED) is 0.376. The second kappa shape index (κ2) is 7.22. The van der Waals surface area contributed by atoms with E-state index in [-0.39, 0.29) is 29.1 Å². The van der Waals surface area contributed by atoms with Crippen molar-refractivity contribution >= 4 is 5.97 Å². The molecule has 3 saturated heterocycles. The highest BCUT2D eigenvalue weighted by Crippen LogP contribution is 2.52. The van der Waals surface area contributed by atoms with Gasteiger partial charge in [-0.15, -0.1) is 0 Å². The molecule has 0 amide bonds. The van der Waals surface area contributed by atoms with Gasteiger partial charge in [-0.25, -0.2) is 0 Å². The summed E-state index contributed by atoms with van der Waals surface area (Å²) >= 11 is 0. The number of morpholine rings is 1. The molecule has 0 aromatic heterocycles. The van der Waals surface area contributed by atoms with Gasteiger partial charge >= 0.3 is 5.97 Å². The number of nitrogens with zero attached hydrogens (tertiary/aromatic N) is 1. The number of rotatable bonds is 4. The van der Waals surface area contributed by atoms with Crippen molar-refractivity contribution in [1.29, 1.82) is 0 Å².